The van der Waals surface area contributed by atoms with Crippen LogP contribution >= 0.6 is 11.3 Å². The van der Waals surface area contributed by atoms with E-state index in [1.54, 1.807) is 18.2 Å². The lowest BCUT2D eigenvalue weighted by atomic mass is 10.1. The third-order valence-electron chi connectivity index (χ3n) is 5.17. The molecule has 0 saturated carbocycles. The van der Waals surface area contributed by atoms with E-state index in [4.69, 9.17) is 15.6 Å². The largest absolute Gasteiger partial charge is 0.394 e. The molecule has 3 amide bonds. The van der Waals surface area contributed by atoms with E-state index < -0.39 is 5.91 Å². The molecule has 3 rings (SSSR count). The molecular weight excluding hydrogens is 432 g/mol. The first-order valence-electron chi connectivity index (χ1n) is 10.4. The number of hydrogen-bond donors (Lipinski definition) is 3. The Morgan fingerprint density at radius 1 is 1.00 bits per heavy atom. The molecule has 1 aliphatic heterocycles. The van der Waals surface area contributed by atoms with Gasteiger partial charge in [-0.25, -0.2) is 0 Å². The highest BCUT2D eigenvalue weighted by molar-refractivity contribution is 7.15. The van der Waals surface area contributed by atoms with Crippen molar-refractivity contribution in [3.05, 3.63) is 57.3 Å². The summed E-state index contributed by atoms with van der Waals surface area (Å²) in [4.78, 5) is 41.0. The van der Waals surface area contributed by atoms with Crippen molar-refractivity contribution in [2.24, 2.45) is 5.73 Å². The topological polar surface area (TPSA) is 125 Å². The van der Waals surface area contributed by atoms with Crippen molar-refractivity contribution in [3.63, 3.8) is 0 Å². The number of thiophene rings is 1. The van der Waals surface area contributed by atoms with E-state index in [0.717, 1.165) is 36.5 Å². The molecule has 172 valence electrons. The number of rotatable bonds is 10. The molecule has 1 saturated heterocycles. The quantitative estimate of drug-likeness (QED) is 0.445. The van der Waals surface area contributed by atoms with Crippen molar-refractivity contribution in [3.8, 4) is 0 Å². The number of piperazine rings is 1. The van der Waals surface area contributed by atoms with Gasteiger partial charge in [0.15, 0.2) is 0 Å². The van der Waals surface area contributed by atoms with Gasteiger partial charge in [0.1, 0.15) is 0 Å². The second kappa shape index (κ2) is 11.7. The number of benzene rings is 1. The summed E-state index contributed by atoms with van der Waals surface area (Å²) >= 11 is 1.06. The van der Waals surface area contributed by atoms with E-state index in [2.05, 4.69) is 10.2 Å². The van der Waals surface area contributed by atoms with E-state index in [1.807, 2.05) is 17.0 Å². The van der Waals surface area contributed by atoms with Crippen LogP contribution in [0.25, 0.3) is 0 Å². The van der Waals surface area contributed by atoms with Crippen molar-refractivity contribution in [2.75, 3.05) is 52.5 Å². The fourth-order valence-corrected chi connectivity index (χ4v) is 4.12. The molecule has 4 N–H and O–H groups in total. The first kappa shape index (κ1) is 23.9. The molecule has 2 heterocycles. The first-order chi connectivity index (χ1) is 15.5. The number of nitrogens with one attached hydrogen (secondary N) is 1. The van der Waals surface area contributed by atoms with Crippen LogP contribution in [0.3, 0.4) is 0 Å². The zero-order chi connectivity index (χ0) is 22.9. The Labute approximate surface area is 190 Å². The maximum absolute atomic E-state index is 12.8. The van der Waals surface area contributed by atoms with Gasteiger partial charge >= 0.3 is 0 Å². The van der Waals surface area contributed by atoms with E-state index in [-0.39, 0.29) is 18.4 Å². The Kier molecular flexibility index (Phi) is 8.74. The van der Waals surface area contributed by atoms with Crippen LogP contribution in [0, 0.1) is 0 Å². The Hall–Kier alpha value is -2.79. The highest BCUT2D eigenvalue weighted by atomic mass is 32.1. The average Bonchev–Trinajstić information content (AvgIpc) is 3.32. The van der Waals surface area contributed by atoms with Crippen molar-refractivity contribution in [2.45, 2.75) is 6.54 Å². The SMILES string of the molecule is NC(=O)c1ccc(C(=O)NCc2ccc(C(=O)N3CCN(CCOCCO)CC3)cc2)s1. The molecule has 0 atom stereocenters. The fraction of sp³-hybridized carbons (Fsp3) is 0.409. The molecule has 0 bridgehead atoms. The number of primary amides is 1. The zero-order valence-corrected chi connectivity index (χ0v) is 18.6. The number of hydrogen-bond acceptors (Lipinski definition) is 7. The van der Waals surface area contributed by atoms with Crippen LogP contribution in [0.2, 0.25) is 0 Å². The molecule has 1 aromatic carbocycles. The number of ether oxygens (including phenoxy) is 1. The van der Waals surface area contributed by atoms with Gasteiger partial charge in [-0.3, -0.25) is 19.3 Å². The van der Waals surface area contributed by atoms with Crippen LogP contribution in [-0.2, 0) is 11.3 Å². The normalized spacial score (nSPS) is 14.3. The molecule has 1 aromatic heterocycles. The lowest BCUT2D eigenvalue weighted by molar-refractivity contribution is 0.0486. The van der Waals surface area contributed by atoms with Crippen LogP contribution in [0.15, 0.2) is 36.4 Å². The van der Waals surface area contributed by atoms with Gasteiger partial charge in [-0.2, -0.15) is 0 Å². The summed E-state index contributed by atoms with van der Waals surface area (Å²) in [7, 11) is 0. The van der Waals surface area contributed by atoms with Gasteiger partial charge in [0, 0.05) is 44.8 Å². The second-order valence-electron chi connectivity index (χ2n) is 7.38. The summed E-state index contributed by atoms with van der Waals surface area (Å²) < 4.78 is 5.29. The molecule has 0 spiro atoms. The molecule has 1 aliphatic rings. The minimum atomic E-state index is -0.553. The average molecular weight is 461 g/mol. The molecule has 0 aliphatic carbocycles. The zero-order valence-electron chi connectivity index (χ0n) is 17.8. The van der Waals surface area contributed by atoms with Gasteiger partial charge in [0.25, 0.3) is 17.7 Å². The highest BCUT2D eigenvalue weighted by Gasteiger charge is 2.22. The van der Waals surface area contributed by atoms with Crippen LogP contribution in [-0.4, -0.2) is 85.2 Å². The summed E-state index contributed by atoms with van der Waals surface area (Å²) in [6.45, 7) is 4.95. The van der Waals surface area contributed by atoms with E-state index in [0.29, 0.717) is 48.2 Å². The first-order valence-corrected chi connectivity index (χ1v) is 11.3. The predicted octanol–water partition coefficient (Wildman–Crippen LogP) is 0.544. The molecule has 9 nitrogen and oxygen atoms in total. The molecule has 1 fully saturated rings. The number of carbonyl (C=O) groups is 3. The third kappa shape index (κ3) is 6.60. The Morgan fingerprint density at radius 3 is 2.31 bits per heavy atom. The highest BCUT2D eigenvalue weighted by Crippen LogP contribution is 2.16. The lowest BCUT2D eigenvalue weighted by Crippen LogP contribution is -2.49. The lowest BCUT2D eigenvalue weighted by Gasteiger charge is -2.34. The monoisotopic (exact) mass is 460 g/mol. The number of nitrogens with two attached hydrogens (primary N) is 1. The summed E-state index contributed by atoms with van der Waals surface area (Å²) in [5.74, 6) is -0.834. The molecule has 0 unspecified atom stereocenters. The van der Waals surface area contributed by atoms with Crippen LogP contribution < -0.4 is 11.1 Å². The summed E-state index contributed by atoms with van der Waals surface area (Å²) in [5, 5.41) is 11.5. The Bertz CT molecular complexity index is 923. The molecule has 2 aromatic rings. The summed E-state index contributed by atoms with van der Waals surface area (Å²) in [5.41, 5.74) is 6.70. The third-order valence-corrected chi connectivity index (χ3v) is 6.27. The van der Waals surface area contributed by atoms with Gasteiger partial charge in [-0.15, -0.1) is 11.3 Å². The summed E-state index contributed by atoms with van der Waals surface area (Å²) in [6, 6.07) is 10.3. The van der Waals surface area contributed by atoms with Gasteiger partial charge < -0.3 is 25.8 Å². The standard InChI is InChI=1S/C22H28N4O5S/c23-20(28)18-5-6-19(32-18)21(29)24-15-16-1-3-17(4-2-16)22(30)26-9-7-25(8-10-26)11-13-31-14-12-27/h1-6,27H,7-15H2,(H2,23,28)(H,24,29). The Morgan fingerprint density at radius 2 is 1.69 bits per heavy atom. The van der Waals surface area contributed by atoms with Crippen LogP contribution in [0.4, 0.5) is 0 Å². The number of aliphatic hydroxyl groups excluding tert-OH is 1. The van der Waals surface area contributed by atoms with E-state index >= 15 is 0 Å². The number of carbonyl (C=O) groups excluding carboxylic acids is 3. The van der Waals surface area contributed by atoms with E-state index in [9.17, 15) is 14.4 Å². The van der Waals surface area contributed by atoms with E-state index in [1.165, 1.54) is 6.07 Å². The van der Waals surface area contributed by atoms with Crippen LogP contribution in [0.5, 0.6) is 0 Å². The van der Waals surface area contributed by atoms with Gasteiger partial charge in [0.05, 0.1) is 29.6 Å². The smallest absolute Gasteiger partial charge is 0.261 e. The van der Waals surface area contributed by atoms with Crippen molar-refractivity contribution < 1.29 is 24.2 Å². The van der Waals surface area contributed by atoms with Gasteiger partial charge in [-0.1, -0.05) is 12.1 Å². The molecule has 10 heteroatoms. The van der Waals surface area contributed by atoms with Crippen molar-refractivity contribution in [1.29, 1.82) is 0 Å². The van der Waals surface area contributed by atoms with Crippen LogP contribution in [0.1, 0.15) is 35.3 Å². The number of nitrogens with zero attached hydrogens (tertiary/aromatic N) is 2. The maximum atomic E-state index is 12.8. The maximum Gasteiger partial charge on any atom is 0.261 e. The fourth-order valence-electron chi connectivity index (χ4n) is 3.34. The van der Waals surface area contributed by atoms with Gasteiger partial charge in [-0.05, 0) is 29.8 Å². The van der Waals surface area contributed by atoms with Crippen molar-refractivity contribution >= 4 is 29.1 Å². The summed E-state index contributed by atoms with van der Waals surface area (Å²) in [6.07, 6.45) is 0. The minimum absolute atomic E-state index is 0.00525. The Balaban J connectivity index is 1.44. The molecule has 0 radical (unpaired) electrons. The van der Waals surface area contributed by atoms with Crippen molar-refractivity contribution in [1.82, 2.24) is 15.1 Å². The number of aliphatic hydroxyl groups is 1. The molecular formula is C22H28N4O5S. The minimum Gasteiger partial charge on any atom is -0.394 e. The number of amides is 3. The second-order valence-corrected chi connectivity index (χ2v) is 8.46. The predicted molar refractivity (Wildman–Crippen MR) is 121 cm³/mol. The van der Waals surface area contributed by atoms with Gasteiger partial charge in [0.2, 0.25) is 0 Å². The molecule has 32 heavy (non-hydrogen) atoms.